The molecule has 0 atom stereocenters. The molecule has 0 aromatic heterocycles. The SMILES string of the molecule is Cc1c(CN)ccc(F)c1Br. The zero-order chi connectivity index (χ0) is 8.43. The van der Waals surface area contributed by atoms with Crippen LogP contribution in [0.5, 0.6) is 0 Å². The lowest BCUT2D eigenvalue weighted by Gasteiger charge is -2.04. The van der Waals surface area contributed by atoms with Crippen molar-refractivity contribution < 1.29 is 4.39 Å². The summed E-state index contributed by atoms with van der Waals surface area (Å²) in [5, 5.41) is 0. The van der Waals surface area contributed by atoms with E-state index in [0.29, 0.717) is 11.0 Å². The van der Waals surface area contributed by atoms with E-state index in [4.69, 9.17) is 5.73 Å². The van der Waals surface area contributed by atoms with Crippen LogP contribution >= 0.6 is 15.9 Å². The molecule has 0 aliphatic carbocycles. The van der Waals surface area contributed by atoms with Crippen LogP contribution in [0.2, 0.25) is 0 Å². The molecule has 3 heteroatoms. The Morgan fingerprint density at radius 3 is 2.73 bits per heavy atom. The predicted molar refractivity (Wildman–Crippen MR) is 46.7 cm³/mol. The molecule has 0 radical (unpaired) electrons. The van der Waals surface area contributed by atoms with Gasteiger partial charge in [0.25, 0.3) is 0 Å². The lowest BCUT2D eigenvalue weighted by atomic mass is 10.1. The van der Waals surface area contributed by atoms with Gasteiger partial charge in [-0.3, -0.25) is 0 Å². The highest BCUT2D eigenvalue weighted by Crippen LogP contribution is 2.22. The fraction of sp³-hybridized carbons (Fsp3) is 0.250. The molecule has 0 aliphatic rings. The van der Waals surface area contributed by atoms with Gasteiger partial charge in [0.15, 0.2) is 0 Å². The summed E-state index contributed by atoms with van der Waals surface area (Å²) in [6.45, 7) is 2.29. The van der Waals surface area contributed by atoms with Gasteiger partial charge in [0.1, 0.15) is 5.82 Å². The molecule has 0 unspecified atom stereocenters. The van der Waals surface area contributed by atoms with Gasteiger partial charge in [-0.25, -0.2) is 4.39 Å². The summed E-state index contributed by atoms with van der Waals surface area (Å²) in [6.07, 6.45) is 0. The van der Waals surface area contributed by atoms with Crippen LogP contribution < -0.4 is 5.73 Å². The Morgan fingerprint density at radius 2 is 2.18 bits per heavy atom. The van der Waals surface area contributed by atoms with Gasteiger partial charge in [0.05, 0.1) is 4.47 Å². The number of rotatable bonds is 1. The van der Waals surface area contributed by atoms with E-state index in [0.717, 1.165) is 11.1 Å². The highest BCUT2D eigenvalue weighted by molar-refractivity contribution is 9.10. The quantitative estimate of drug-likeness (QED) is 0.769. The van der Waals surface area contributed by atoms with Crippen molar-refractivity contribution >= 4 is 15.9 Å². The monoisotopic (exact) mass is 217 g/mol. The smallest absolute Gasteiger partial charge is 0.137 e. The number of hydrogen-bond acceptors (Lipinski definition) is 1. The molecule has 1 aromatic carbocycles. The first kappa shape index (κ1) is 8.68. The minimum absolute atomic E-state index is 0.236. The Balaban J connectivity index is 3.25. The zero-order valence-electron chi connectivity index (χ0n) is 6.20. The molecule has 1 aromatic rings. The van der Waals surface area contributed by atoms with Crippen LogP contribution in [-0.2, 0) is 6.54 Å². The van der Waals surface area contributed by atoms with Crippen molar-refractivity contribution in [2.45, 2.75) is 13.5 Å². The average Bonchev–Trinajstić information content (AvgIpc) is 2.01. The van der Waals surface area contributed by atoms with Crippen molar-refractivity contribution in [2.75, 3.05) is 0 Å². The van der Waals surface area contributed by atoms with E-state index in [9.17, 15) is 4.39 Å². The van der Waals surface area contributed by atoms with Crippen LogP contribution in [0.4, 0.5) is 4.39 Å². The summed E-state index contributed by atoms with van der Waals surface area (Å²) in [4.78, 5) is 0. The van der Waals surface area contributed by atoms with Crippen molar-refractivity contribution in [1.82, 2.24) is 0 Å². The normalized spacial score (nSPS) is 10.2. The van der Waals surface area contributed by atoms with Gasteiger partial charge in [-0.05, 0) is 40.0 Å². The van der Waals surface area contributed by atoms with Crippen LogP contribution in [0.3, 0.4) is 0 Å². The first-order valence-corrected chi connectivity index (χ1v) is 4.09. The van der Waals surface area contributed by atoms with E-state index >= 15 is 0 Å². The predicted octanol–water partition coefficient (Wildman–Crippen LogP) is 2.36. The second-order valence-electron chi connectivity index (χ2n) is 2.35. The third kappa shape index (κ3) is 1.60. The molecule has 1 rings (SSSR count). The standard InChI is InChI=1S/C8H9BrFN/c1-5-6(4-11)2-3-7(10)8(5)9/h2-3H,4,11H2,1H3. The van der Waals surface area contributed by atoms with E-state index < -0.39 is 0 Å². The Kier molecular flexibility index (Phi) is 2.62. The summed E-state index contributed by atoms with van der Waals surface area (Å²) in [6, 6.07) is 3.12. The van der Waals surface area contributed by atoms with Crippen molar-refractivity contribution in [3.05, 3.63) is 33.5 Å². The minimum Gasteiger partial charge on any atom is -0.326 e. The van der Waals surface area contributed by atoms with Crippen molar-refractivity contribution in [2.24, 2.45) is 5.73 Å². The molecule has 0 amide bonds. The summed E-state index contributed by atoms with van der Waals surface area (Å²) in [5.74, 6) is -0.236. The Hall–Kier alpha value is -0.410. The number of hydrogen-bond donors (Lipinski definition) is 1. The third-order valence-electron chi connectivity index (χ3n) is 1.67. The lowest BCUT2D eigenvalue weighted by Crippen LogP contribution is -2.00. The van der Waals surface area contributed by atoms with E-state index in [1.807, 2.05) is 6.92 Å². The summed E-state index contributed by atoms with van der Waals surface area (Å²) in [5.41, 5.74) is 7.28. The topological polar surface area (TPSA) is 26.0 Å². The maximum absolute atomic E-state index is 12.8. The molecule has 11 heavy (non-hydrogen) atoms. The summed E-state index contributed by atoms with van der Waals surface area (Å²) in [7, 11) is 0. The van der Waals surface area contributed by atoms with E-state index in [1.165, 1.54) is 6.07 Å². The van der Waals surface area contributed by atoms with Gasteiger partial charge < -0.3 is 5.73 Å². The number of benzene rings is 1. The van der Waals surface area contributed by atoms with Crippen LogP contribution in [0.25, 0.3) is 0 Å². The molecule has 60 valence electrons. The molecule has 0 spiro atoms. The molecule has 1 nitrogen and oxygen atoms in total. The molecule has 0 bridgehead atoms. The van der Waals surface area contributed by atoms with Gasteiger partial charge in [0, 0.05) is 6.54 Å². The van der Waals surface area contributed by atoms with Crippen LogP contribution in [0.1, 0.15) is 11.1 Å². The summed E-state index contributed by atoms with van der Waals surface area (Å²) < 4.78 is 13.3. The van der Waals surface area contributed by atoms with E-state index in [1.54, 1.807) is 6.07 Å². The van der Waals surface area contributed by atoms with Crippen LogP contribution in [0, 0.1) is 12.7 Å². The van der Waals surface area contributed by atoms with Crippen molar-refractivity contribution in [3.63, 3.8) is 0 Å². The molecule has 0 saturated heterocycles. The molecular formula is C8H9BrFN. The second kappa shape index (κ2) is 3.32. The molecular weight excluding hydrogens is 209 g/mol. The molecule has 2 N–H and O–H groups in total. The maximum atomic E-state index is 12.8. The fourth-order valence-electron chi connectivity index (χ4n) is 0.913. The van der Waals surface area contributed by atoms with Gasteiger partial charge in [-0.1, -0.05) is 6.07 Å². The lowest BCUT2D eigenvalue weighted by molar-refractivity contribution is 0.618. The molecule has 0 saturated carbocycles. The maximum Gasteiger partial charge on any atom is 0.137 e. The molecule has 0 heterocycles. The Bertz CT molecular complexity index is 273. The first-order chi connectivity index (χ1) is 5.16. The fourth-order valence-corrected chi connectivity index (χ4v) is 1.30. The average molecular weight is 218 g/mol. The van der Waals surface area contributed by atoms with Crippen molar-refractivity contribution in [3.8, 4) is 0 Å². The van der Waals surface area contributed by atoms with Gasteiger partial charge in [-0.2, -0.15) is 0 Å². The number of nitrogens with two attached hydrogens (primary N) is 1. The highest BCUT2D eigenvalue weighted by Gasteiger charge is 2.04. The van der Waals surface area contributed by atoms with Crippen LogP contribution in [0.15, 0.2) is 16.6 Å². The minimum atomic E-state index is -0.236. The van der Waals surface area contributed by atoms with Gasteiger partial charge in [0.2, 0.25) is 0 Å². The van der Waals surface area contributed by atoms with Crippen molar-refractivity contribution in [1.29, 1.82) is 0 Å². The second-order valence-corrected chi connectivity index (χ2v) is 3.14. The number of halogens is 2. The Labute approximate surface area is 73.5 Å². The molecule has 0 aliphatic heterocycles. The first-order valence-electron chi connectivity index (χ1n) is 3.30. The van der Waals surface area contributed by atoms with Crippen LogP contribution in [-0.4, -0.2) is 0 Å². The van der Waals surface area contributed by atoms with Gasteiger partial charge >= 0.3 is 0 Å². The van der Waals surface area contributed by atoms with E-state index in [-0.39, 0.29) is 5.82 Å². The summed E-state index contributed by atoms with van der Waals surface area (Å²) >= 11 is 3.14. The molecule has 0 fully saturated rings. The van der Waals surface area contributed by atoms with E-state index in [2.05, 4.69) is 15.9 Å². The zero-order valence-corrected chi connectivity index (χ0v) is 7.78. The largest absolute Gasteiger partial charge is 0.326 e. The highest BCUT2D eigenvalue weighted by atomic mass is 79.9. The Morgan fingerprint density at radius 1 is 1.55 bits per heavy atom. The van der Waals surface area contributed by atoms with Gasteiger partial charge in [-0.15, -0.1) is 0 Å². The third-order valence-corrected chi connectivity index (χ3v) is 2.64.